The normalized spacial score (nSPS) is 10.8. The fraction of sp³-hybridized carbons (Fsp3) is 0.0952. The second-order valence-corrected chi connectivity index (χ2v) is 6.84. The lowest BCUT2D eigenvalue weighted by Crippen LogP contribution is -2.22. The van der Waals surface area contributed by atoms with Crippen LogP contribution in [0.25, 0.3) is 16.6 Å². The number of benzene rings is 2. The molecule has 0 aliphatic heterocycles. The first-order chi connectivity index (χ1) is 13.3. The Hall–Kier alpha value is -3.12. The van der Waals surface area contributed by atoms with Gasteiger partial charge >= 0.3 is 0 Å². The van der Waals surface area contributed by atoms with Crippen LogP contribution < -0.4 is 10.3 Å². The molecule has 0 fully saturated rings. The number of hydrogen-bond donors (Lipinski definition) is 0. The molecule has 2 aromatic heterocycles. The molecule has 0 aliphatic rings. The Morgan fingerprint density at radius 1 is 0.963 bits per heavy atom. The molecule has 0 aliphatic carbocycles. The monoisotopic (exact) mass is 375 g/mol. The zero-order valence-electron chi connectivity index (χ0n) is 14.5. The average molecular weight is 375 g/mol. The van der Waals surface area contributed by atoms with Crippen LogP contribution in [0.4, 0.5) is 0 Å². The molecule has 2 heterocycles. The molecule has 0 spiro atoms. The van der Waals surface area contributed by atoms with Gasteiger partial charge in [-0.15, -0.1) is 0 Å². The van der Waals surface area contributed by atoms with Crippen LogP contribution in [-0.4, -0.2) is 26.9 Å². The molecule has 0 saturated carbocycles. The number of pyridine rings is 1. The molecule has 27 heavy (non-hydrogen) atoms. The van der Waals surface area contributed by atoms with Crippen molar-refractivity contribution in [3.05, 3.63) is 89.5 Å². The Bertz CT molecular complexity index is 1100. The topological polar surface area (TPSA) is 57.0 Å². The third kappa shape index (κ3) is 3.85. The highest BCUT2D eigenvalue weighted by Crippen LogP contribution is 2.21. The number of ether oxygens (including phenoxy) is 1. The van der Waals surface area contributed by atoms with Crippen LogP contribution in [0.15, 0.2) is 89.1 Å². The van der Waals surface area contributed by atoms with Crippen LogP contribution in [0, 0.1) is 0 Å². The van der Waals surface area contributed by atoms with Crippen molar-refractivity contribution >= 4 is 22.7 Å². The molecule has 6 heteroatoms. The summed E-state index contributed by atoms with van der Waals surface area (Å²) in [7, 11) is 0. The van der Waals surface area contributed by atoms with Gasteiger partial charge in [-0.2, -0.15) is 0 Å². The van der Waals surface area contributed by atoms with E-state index in [4.69, 9.17) is 9.72 Å². The zero-order valence-corrected chi connectivity index (χ0v) is 15.3. The van der Waals surface area contributed by atoms with Gasteiger partial charge in [0.25, 0.3) is 5.56 Å². The molecular formula is C21H17N3O2S. The fourth-order valence-electron chi connectivity index (χ4n) is 2.73. The predicted octanol–water partition coefficient (Wildman–Crippen LogP) is 3.95. The molecule has 5 nitrogen and oxygen atoms in total. The van der Waals surface area contributed by atoms with E-state index in [0.29, 0.717) is 34.1 Å². The van der Waals surface area contributed by atoms with E-state index in [1.165, 1.54) is 11.8 Å². The van der Waals surface area contributed by atoms with Crippen LogP contribution >= 0.6 is 11.8 Å². The standard InChI is InChI=1S/C21H17N3O2S/c25-20-18-10-4-5-11-19(18)23-21(24(20)16-7-6-12-22-15-16)27-14-13-26-17-8-2-1-3-9-17/h1-12,15H,13-14H2. The van der Waals surface area contributed by atoms with E-state index in [1.807, 2.05) is 60.7 Å². The largest absolute Gasteiger partial charge is 0.493 e. The first-order valence-corrected chi connectivity index (χ1v) is 9.54. The summed E-state index contributed by atoms with van der Waals surface area (Å²) in [5.41, 5.74) is 1.29. The smallest absolute Gasteiger partial charge is 0.266 e. The summed E-state index contributed by atoms with van der Waals surface area (Å²) >= 11 is 1.49. The minimum atomic E-state index is -0.0972. The highest BCUT2D eigenvalue weighted by molar-refractivity contribution is 7.99. The van der Waals surface area contributed by atoms with Gasteiger partial charge in [-0.05, 0) is 36.4 Å². The van der Waals surface area contributed by atoms with Gasteiger partial charge in [0.15, 0.2) is 5.16 Å². The first kappa shape index (κ1) is 17.3. The third-order valence-corrected chi connectivity index (χ3v) is 4.88. The van der Waals surface area contributed by atoms with Crippen molar-refractivity contribution in [1.29, 1.82) is 0 Å². The van der Waals surface area contributed by atoms with E-state index in [2.05, 4.69) is 4.98 Å². The van der Waals surface area contributed by atoms with Crippen LogP contribution in [0.2, 0.25) is 0 Å². The maximum atomic E-state index is 13.1. The van der Waals surface area contributed by atoms with Gasteiger partial charge in [-0.25, -0.2) is 4.98 Å². The van der Waals surface area contributed by atoms with E-state index in [1.54, 1.807) is 23.0 Å². The molecule has 4 aromatic rings. The molecule has 0 bridgehead atoms. The van der Waals surface area contributed by atoms with Crippen molar-refractivity contribution in [2.45, 2.75) is 5.16 Å². The Morgan fingerprint density at radius 2 is 1.78 bits per heavy atom. The molecule has 4 rings (SSSR count). The van der Waals surface area contributed by atoms with Crippen LogP contribution in [0.3, 0.4) is 0 Å². The predicted molar refractivity (Wildman–Crippen MR) is 108 cm³/mol. The molecule has 0 saturated heterocycles. The molecule has 0 amide bonds. The van der Waals surface area contributed by atoms with E-state index < -0.39 is 0 Å². The van der Waals surface area contributed by atoms with Crippen molar-refractivity contribution in [2.75, 3.05) is 12.4 Å². The molecule has 0 unspecified atom stereocenters. The van der Waals surface area contributed by atoms with Gasteiger partial charge in [-0.3, -0.25) is 14.3 Å². The Morgan fingerprint density at radius 3 is 2.59 bits per heavy atom. The van der Waals surface area contributed by atoms with Crippen molar-refractivity contribution < 1.29 is 4.74 Å². The number of para-hydroxylation sites is 2. The summed E-state index contributed by atoms with van der Waals surface area (Å²) in [6.07, 6.45) is 3.35. The van der Waals surface area contributed by atoms with Crippen LogP contribution in [-0.2, 0) is 0 Å². The van der Waals surface area contributed by atoms with Gasteiger partial charge in [0.2, 0.25) is 0 Å². The van der Waals surface area contributed by atoms with Gasteiger partial charge in [0.05, 0.1) is 29.4 Å². The summed E-state index contributed by atoms with van der Waals surface area (Å²) in [6.45, 7) is 0.518. The van der Waals surface area contributed by atoms with Gasteiger partial charge in [-0.1, -0.05) is 42.1 Å². The van der Waals surface area contributed by atoms with Crippen LogP contribution in [0.5, 0.6) is 5.75 Å². The number of aromatic nitrogens is 3. The SMILES string of the molecule is O=c1c2ccccc2nc(SCCOc2ccccc2)n1-c1cccnc1. The lowest BCUT2D eigenvalue weighted by atomic mass is 10.2. The lowest BCUT2D eigenvalue weighted by Gasteiger charge is -2.13. The van der Waals surface area contributed by atoms with Gasteiger partial charge in [0.1, 0.15) is 5.75 Å². The minimum Gasteiger partial charge on any atom is -0.493 e. The molecule has 2 aromatic carbocycles. The first-order valence-electron chi connectivity index (χ1n) is 8.56. The number of hydrogen-bond acceptors (Lipinski definition) is 5. The van der Waals surface area contributed by atoms with Crippen LogP contribution in [0.1, 0.15) is 0 Å². The summed E-state index contributed by atoms with van der Waals surface area (Å²) in [4.78, 5) is 21.9. The zero-order chi connectivity index (χ0) is 18.5. The maximum absolute atomic E-state index is 13.1. The van der Waals surface area contributed by atoms with Crippen molar-refractivity contribution in [2.24, 2.45) is 0 Å². The molecule has 134 valence electrons. The summed E-state index contributed by atoms with van der Waals surface area (Å²) in [5, 5.41) is 1.22. The van der Waals surface area contributed by atoms with Gasteiger partial charge in [0, 0.05) is 11.9 Å². The van der Waals surface area contributed by atoms with E-state index in [0.717, 1.165) is 5.75 Å². The average Bonchev–Trinajstić information content (AvgIpc) is 2.73. The van der Waals surface area contributed by atoms with Crippen molar-refractivity contribution in [1.82, 2.24) is 14.5 Å². The molecular weight excluding hydrogens is 358 g/mol. The summed E-state index contributed by atoms with van der Waals surface area (Å²) in [6, 6.07) is 20.7. The quantitative estimate of drug-likeness (QED) is 0.290. The summed E-state index contributed by atoms with van der Waals surface area (Å²) < 4.78 is 7.36. The number of rotatable bonds is 6. The minimum absolute atomic E-state index is 0.0972. The fourth-order valence-corrected chi connectivity index (χ4v) is 3.56. The Labute approximate surface area is 160 Å². The molecule has 0 N–H and O–H groups in total. The number of nitrogens with zero attached hydrogens (tertiary/aromatic N) is 3. The lowest BCUT2D eigenvalue weighted by molar-refractivity contribution is 0.344. The Kier molecular flexibility index (Phi) is 5.16. The second kappa shape index (κ2) is 8.05. The van der Waals surface area contributed by atoms with Crippen molar-refractivity contribution in [3.63, 3.8) is 0 Å². The number of thioether (sulfide) groups is 1. The highest BCUT2D eigenvalue weighted by atomic mass is 32.2. The third-order valence-electron chi connectivity index (χ3n) is 3.98. The highest BCUT2D eigenvalue weighted by Gasteiger charge is 2.13. The maximum Gasteiger partial charge on any atom is 0.266 e. The Balaban J connectivity index is 1.63. The summed E-state index contributed by atoms with van der Waals surface area (Å²) in [5.74, 6) is 1.49. The van der Waals surface area contributed by atoms with Gasteiger partial charge < -0.3 is 4.74 Å². The van der Waals surface area contributed by atoms with Crippen molar-refractivity contribution in [3.8, 4) is 11.4 Å². The number of fused-ring (bicyclic) bond motifs is 1. The molecule has 0 radical (unpaired) electrons. The van der Waals surface area contributed by atoms with E-state index >= 15 is 0 Å². The van der Waals surface area contributed by atoms with E-state index in [9.17, 15) is 4.79 Å². The molecule has 0 atom stereocenters. The second-order valence-electron chi connectivity index (χ2n) is 5.77. The van der Waals surface area contributed by atoms with E-state index in [-0.39, 0.29) is 5.56 Å².